The van der Waals surface area contributed by atoms with Crippen LogP contribution in [0.3, 0.4) is 0 Å². The number of aromatic nitrogens is 1. The van der Waals surface area contributed by atoms with Gasteiger partial charge in [0.25, 0.3) is 5.91 Å². The van der Waals surface area contributed by atoms with Gasteiger partial charge in [-0.25, -0.2) is 0 Å². The van der Waals surface area contributed by atoms with E-state index in [1.165, 1.54) is 0 Å². The topological polar surface area (TPSA) is 44.9 Å². The van der Waals surface area contributed by atoms with Gasteiger partial charge in [0.2, 0.25) is 0 Å². The minimum Gasteiger partial charge on any atom is -0.358 e. The number of amides is 1. The first kappa shape index (κ1) is 10.7. The fourth-order valence-corrected chi connectivity index (χ4v) is 1.90. The minimum absolute atomic E-state index is 0.0109. The van der Waals surface area contributed by atoms with Gasteiger partial charge in [0.15, 0.2) is 0 Å². The molecule has 0 radical (unpaired) electrons. The highest BCUT2D eigenvalue weighted by Gasteiger charge is 2.14. The van der Waals surface area contributed by atoms with Gasteiger partial charge in [-0.2, -0.15) is 0 Å². The number of fused-ring (bicyclic) bond motifs is 1. The van der Waals surface area contributed by atoms with Crippen molar-refractivity contribution in [2.45, 2.75) is 20.3 Å². The number of hydrogen-bond acceptors (Lipinski definition) is 1. The molecule has 0 spiro atoms. The van der Waals surface area contributed by atoms with Gasteiger partial charge in [-0.05, 0) is 19.4 Å². The van der Waals surface area contributed by atoms with E-state index < -0.39 is 0 Å². The molecule has 16 heavy (non-hydrogen) atoms. The number of benzene rings is 1. The number of H-pyrrole nitrogens is 1. The van der Waals surface area contributed by atoms with Gasteiger partial charge < -0.3 is 10.3 Å². The van der Waals surface area contributed by atoms with Crippen LogP contribution in [0.2, 0.25) is 0 Å². The van der Waals surface area contributed by atoms with E-state index in [9.17, 15) is 4.79 Å². The van der Waals surface area contributed by atoms with Crippen molar-refractivity contribution in [1.29, 1.82) is 0 Å². The maximum atomic E-state index is 12.0. The SMILES string of the molecule is CCCNC(=O)c1c(C)[nH]c2ccccc12. The van der Waals surface area contributed by atoms with E-state index in [4.69, 9.17) is 0 Å². The summed E-state index contributed by atoms with van der Waals surface area (Å²) in [5.74, 6) is 0.0109. The molecule has 0 aliphatic carbocycles. The minimum atomic E-state index is 0.0109. The summed E-state index contributed by atoms with van der Waals surface area (Å²) in [6.07, 6.45) is 0.952. The fourth-order valence-electron chi connectivity index (χ4n) is 1.90. The third-order valence-corrected chi connectivity index (χ3v) is 2.66. The van der Waals surface area contributed by atoms with Crippen LogP contribution in [-0.2, 0) is 0 Å². The first-order valence-corrected chi connectivity index (χ1v) is 5.59. The van der Waals surface area contributed by atoms with Crippen LogP contribution in [0.1, 0.15) is 29.4 Å². The van der Waals surface area contributed by atoms with Crippen LogP contribution in [0.25, 0.3) is 10.9 Å². The fraction of sp³-hybridized carbons (Fsp3) is 0.308. The van der Waals surface area contributed by atoms with E-state index >= 15 is 0 Å². The summed E-state index contributed by atoms with van der Waals surface area (Å²) >= 11 is 0. The van der Waals surface area contributed by atoms with Crippen LogP contribution in [0.15, 0.2) is 24.3 Å². The maximum absolute atomic E-state index is 12.0. The Bertz CT molecular complexity index is 514. The predicted molar refractivity (Wildman–Crippen MR) is 65.7 cm³/mol. The Morgan fingerprint density at radius 3 is 2.88 bits per heavy atom. The van der Waals surface area contributed by atoms with Crippen molar-refractivity contribution in [1.82, 2.24) is 10.3 Å². The predicted octanol–water partition coefficient (Wildman–Crippen LogP) is 2.62. The zero-order valence-electron chi connectivity index (χ0n) is 9.63. The summed E-state index contributed by atoms with van der Waals surface area (Å²) in [6, 6.07) is 7.87. The van der Waals surface area contributed by atoms with Crippen LogP contribution in [0, 0.1) is 6.92 Å². The number of aromatic amines is 1. The molecular weight excluding hydrogens is 200 g/mol. The number of carbonyl (C=O) groups is 1. The lowest BCUT2D eigenvalue weighted by molar-refractivity contribution is 0.0955. The highest BCUT2D eigenvalue weighted by Crippen LogP contribution is 2.21. The van der Waals surface area contributed by atoms with Gasteiger partial charge in [-0.1, -0.05) is 25.1 Å². The maximum Gasteiger partial charge on any atom is 0.253 e. The average molecular weight is 216 g/mol. The lowest BCUT2D eigenvalue weighted by Crippen LogP contribution is -2.24. The Hall–Kier alpha value is -1.77. The van der Waals surface area contributed by atoms with E-state index in [-0.39, 0.29) is 5.91 Å². The van der Waals surface area contributed by atoms with Crippen molar-refractivity contribution < 1.29 is 4.79 Å². The molecule has 2 rings (SSSR count). The van der Waals surface area contributed by atoms with Gasteiger partial charge in [0.1, 0.15) is 0 Å². The third-order valence-electron chi connectivity index (χ3n) is 2.66. The zero-order chi connectivity index (χ0) is 11.5. The second kappa shape index (κ2) is 4.39. The number of nitrogens with one attached hydrogen (secondary N) is 2. The molecule has 2 N–H and O–H groups in total. The van der Waals surface area contributed by atoms with Crippen molar-refractivity contribution in [3.63, 3.8) is 0 Å². The Morgan fingerprint density at radius 2 is 2.12 bits per heavy atom. The number of aryl methyl sites for hydroxylation is 1. The highest BCUT2D eigenvalue weighted by molar-refractivity contribution is 6.08. The molecule has 0 bridgehead atoms. The van der Waals surface area contributed by atoms with Gasteiger partial charge in [0, 0.05) is 23.1 Å². The van der Waals surface area contributed by atoms with Crippen LogP contribution < -0.4 is 5.32 Å². The van der Waals surface area contributed by atoms with Gasteiger partial charge in [0.05, 0.1) is 5.56 Å². The number of carbonyl (C=O) groups excluding carboxylic acids is 1. The van der Waals surface area contributed by atoms with Gasteiger partial charge in [-0.3, -0.25) is 4.79 Å². The summed E-state index contributed by atoms with van der Waals surface area (Å²) in [4.78, 5) is 15.2. The molecule has 1 aromatic carbocycles. The Labute approximate surface area is 94.9 Å². The second-order valence-electron chi connectivity index (χ2n) is 3.93. The van der Waals surface area contributed by atoms with Crippen LogP contribution >= 0.6 is 0 Å². The standard InChI is InChI=1S/C13H16N2O/c1-3-8-14-13(16)12-9(2)15-11-7-5-4-6-10(11)12/h4-7,15H,3,8H2,1-2H3,(H,14,16). The van der Waals surface area contributed by atoms with Crippen molar-refractivity contribution in [3.05, 3.63) is 35.5 Å². The quantitative estimate of drug-likeness (QED) is 0.813. The molecular formula is C13H16N2O. The lowest BCUT2D eigenvalue weighted by Gasteiger charge is -2.03. The summed E-state index contributed by atoms with van der Waals surface area (Å²) in [6.45, 7) is 4.70. The molecule has 0 aliphatic rings. The van der Waals surface area contributed by atoms with Crippen molar-refractivity contribution in [2.75, 3.05) is 6.54 Å². The number of hydrogen-bond donors (Lipinski definition) is 2. The summed E-state index contributed by atoms with van der Waals surface area (Å²) in [5.41, 5.74) is 2.71. The Morgan fingerprint density at radius 1 is 1.38 bits per heavy atom. The second-order valence-corrected chi connectivity index (χ2v) is 3.93. The number of para-hydroxylation sites is 1. The van der Waals surface area contributed by atoms with Crippen LogP contribution in [0.4, 0.5) is 0 Å². The van der Waals surface area contributed by atoms with Crippen LogP contribution in [0.5, 0.6) is 0 Å². The Balaban J connectivity index is 2.43. The molecule has 0 aliphatic heterocycles. The van der Waals surface area contributed by atoms with E-state index in [1.807, 2.05) is 38.1 Å². The summed E-state index contributed by atoms with van der Waals surface area (Å²) in [7, 11) is 0. The molecule has 2 aromatic rings. The third kappa shape index (κ3) is 1.81. The largest absolute Gasteiger partial charge is 0.358 e. The summed E-state index contributed by atoms with van der Waals surface area (Å²) < 4.78 is 0. The van der Waals surface area contributed by atoms with Crippen molar-refractivity contribution in [2.24, 2.45) is 0 Å². The molecule has 3 heteroatoms. The Kier molecular flexibility index (Phi) is 2.95. The molecule has 0 saturated carbocycles. The smallest absolute Gasteiger partial charge is 0.253 e. The molecule has 0 fully saturated rings. The molecule has 0 saturated heterocycles. The van der Waals surface area contributed by atoms with E-state index in [2.05, 4.69) is 10.3 Å². The van der Waals surface area contributed by atoms with Gasteiger partial charge >= 0.3 is 0 Å². The first-order valence-electron chi connectivity index (χ1n) is 5.59. The van der Waals surface area contributed by atoms with Crippen molar-refractivity contribution in [3.8, 4) is 0 Å². The molecule has 0 atom stereocenters. The van der Waals surface area contributed by atoms with E-state index in [0.29, 0.717) is 0 Å². The molecule has 1 aromatic heterocycles. The molecule has 1 amide bonds. The highest BCUT2D eigenvalue weighted by atomic mass is 16.1. The van der Waals surface area contributed by atoms with E-state index in [1.54, 1.807) is 0 Å². The van der Waals surface area contributed by atoms with Crippen LogP contribution in [-0.4, -0.2) is 17.4 Å². The first-order chi connectivity index (χ1) is 7.74. The van der Waals surface area contributed by atoms with Crippen molar-refractivity contribution >= 4 is 16.8 Å². The molecule has 1 heterocycles. The molecule has 84 valence electrons. The zero-order valence-corrected chi connectivity index (χ0v) is 9.63. The number of rotatable bonds is 3. The van der Waals surface area contributed by atoms with E-state index in [0.717, 1.165) is 35.1 Å². The normalized spacial score (nSPS) is 10.6. The molecule has 0 unspecified atom stereocenters. The molecule has 3 nitrogen and oxygen atoms in total. The summed E-state index contributed by atoms with van der Waals surface area (Å²) in [5, 5.41) is 3.90. The monoisotopic (exact) mass is 216 g/mol. The lowest BCUT2D eigenvalue weighted by atomic mass is 10.1. The average Bonchev–Trinajstić information content (AvgIpc) is 2.62. The van der Waals surface area contributed by atoms with Gasteiger partial charge in [-0.15, -0.1) is 0 Å².